The Hall–Kier alpha value is -3.26. The fourth-order valence-corrected chi connectivity index (χ4v) is 5.59. The summed E-state index contributed by atoms with van der Waals surface area (Å²) < 4.78 is 31.8. The SMILES string of the molecule is COC(=O)C1CSc2c(Cc3ccccc3F)c(C)c(-c3ccc4c(c3)OCO4)c(=O)n21. The fourth-order valence-electron chi connectivity index (χ4n) is 4.24. The molecule has 3 heterocycles. The standard InChI is InChI=1S/C24H20FNO5S/c1-13-16(9-14-5-3-4-6-17(14)25)23-26(18(11-32-23)24(28)29-2)22(27)21(13)15-7-8-19-20(10-15)31-12-30-19/h3-8,10,18H,9,11-12H2,1-2H3. The van der Waals surface area contributed by atoms with Crippen molar-refractivity contribution >= 4 is 17.7 Å². The number of pyridine rings is 1. The summed E-state index contributed by atoms with van der Waals surface area (Å²) in [6.07, 6.45) is 0.298. The molecule has 1 aromatic heterocycles. The van der Waals surface area contributed by atoms with Gasteiger partial charge in [-0.15, -0.1) is 11.8 Å². The van der Waals surface area contributed by atoms with E-state index in [4.69, 9.17) is 14.2 Å². The van der Waals surface area contributed by atoms with Crippen LogP contribution in [0.1, 0.15) is 22.7 Å². The molecule has 0 saturated carbocycles. The molecule has 3 aromatic rings. The van der Waals surface area contributed by atoms with Crippen LogP contribution in [0.25, 0.3) is 11.1 Å². The highest BCUT2D eigenvalue weighted by atomic mass is 32.2. The molecule has 5 rings (SSSR count). The van der Waals surface area contributed by atoms with E-state index in [2.05, 4.69) is 0 Å². The predicted octanol–water partition coefficient (Wildman–Crippen LogP) is 4.10. The zero-order valence-electron chi connectivity index (χ0n) is 17.5. The van der Waals surface area contributed by atoms with Crippen molar-refractivity contribution in [1.29, 1.82) is 0 Å². The lowest BCUT2D eigenvalue weighted by Gasteiger charge is -2.19. The molecule has 1 unspecified atom stereocenters. The lowest BCUT2D eigenvalue weighted by Crippen LogP contribution is -2.32. The third-order valence-electron chi connectivity index (χ3n) is 5.89. The number of halogens is 1. The summed E-state index contributed by atoms with van der Waals surface area (Å²) in [4.78, 5) is 26.1. The van der Waals surface area contributed by atoms with E-state index in [0.29, 0.717) is 45.4 Å². The van der Waals surface area contributed by atoms with Crippen LogP contribution in [0.5, 0.6) is 11.5 Å². The Bertz CT molecular complexity index is 1300. The summed E-state index contributed by atoms with van der Waals surface area (Å²) >= 11 is 1.42. The summed E-state index contributed by atoms with van der Waals surface area (Å²) in [7, 11) is 1.31. The molecule has 0 fully saturated rings. The van der Waals surface area contributed by atoms with E-state index in [9.17, 15) is 14.0 Å². The van der Waals surface area contributed by atoms with Crippen LogP contribution in [-0.2, 0) is 16.0 Å². The lowest BCUT2D eigenvalue weighted by atomic mass is 9.94. The third kappa shape index (κ3) is 3.26. The molecular weight excluding hydrogens is 433 g/mol. The number of methoxy groups -OCH3 is 1. The number of fused-ring (bicyclic) bond motifs is 2. The van der Waals surface area contributed by atoms with Crippen molar-refractivity contribution in [3.05, 3.63) is 75.3 Å². The maximum Gasteiger partial charge on any atom is 0.329 e. The summed E-state index contributed by atoms with van der Waals surface area (Å²) in [6, 6.07) is 11.2. The monoisotopic (exact) mass is 453 g/mol. The number of hydrogen-bond acceptors (Lipinski definition) is 6. The molecule has 2 aliphatic rings. The van der Waals surface area contributed by atoms with E-state index in [0.717, 1.165) is 11.1 Å². The highest BCUT2D eigenvalue weighted by Crippen LogP contribution is 2.41. The first-order chi connectivity index (χ1) is 15.5. The summed E-state index contributed by atoms with van der Waals surface area (Å²) in [5.41, 5.74) is 2.92. The molecule has 2 aromatic carbocycles. The second-order valence-corrected chi connectivity index (χ2v) is 8.65. The molecule has 0 radical (unpaired) electrons. The minimum absolute atomic E-state index is 0.126. The van der Waals surface area contributed by atoms with E-state index in [-0.39, 0.29) is 18.2 Å². The number of aromatic nitrogens is 1. The van der Waals surface area contributed by atoms with Crippen LogP contribution in [0.15, 0.2) is 52.3 Å². The summed E-state index contributed by atoms with van der Waals surface area (Å²) in [5.74, 6) is 0.768. The van der Waals surface area contributed by atoms with Crippen molar-refractivity contribution in [1.82, 2.24) is 4.57 Å². The zero-order chi connectivity index (χ0) is 22.4. The first-order valence-electron chi connectivity index (χ1n) is 10.1. The summed E-state index contributed by atoms with van der Waals surface area (Å²) in [5, 5.41) is 0.677. The van der Waals surface area contributed by atoms with Gasteiger partial charge in [0.2, 0.25) is 6.79 Å². The van der Waals surface area contributed by atoms with Crippen LogP contribution in [0.4, 0.5) is 4.39 Å². The maximum absolute atomic E-state index is 14.5. The Balaban J connectivity index is 1.75. The molecule has 0 amide bonds. The van der Waals surface area contributed by atoms with Crippen LogP contribution in [-0.4, -0.2) is 30.2 Å². The molecule has 8 heteroatoms. The molecule has 0 saturated heterocycles. The largest absolute Gasteiger partial charge is 0.467 e. The van der Waals surface area contributed by atoms with Gasteiger partial charge in [-0.1, -0.05) is 24.3 Å². The number of nitrogens with zero attached hydrogens (tertiary/aromatic N) is 1. The van der Waals surface area contributed by atoms with Crippen LogP contribution < -0.4 is 15.0 Å². The van der Waals surface area contributed by atoms with Gasteiger partial charge in [0, 0.05) is 12.2 Å². The first kappa shape index (κ1) is 20.6. The highest BCUT2D eigenvalue weighted by molar-refractivity contribution is 7.99. The van der Waals surface area contributed by atoms with Gasteiger partial charge < -0.3 is 14.2 Å². The highest BCUT2D eigenvalue weighted by Gasteiger charge is 2.35. The van der Waals surface area contributed by atoms with Gasteiger partial charge in [0.15, 0.2) is 11.5 Å². The fraction of sp³-hybridized carbons (Fsp3) is 0.250. The number of benzene rings is 2. The topological polar surface area (TPSA) is 66.8 Å². The van der Waals surface area contributed by atoms with Gasteiger partial charge in [-0.05, 0) is 47.4 Å². The quantitative estimate of drug-likeness (QED) is 0.554. The third-order valence-corrected chi connectivity index (χ3v) is 7.09. The molecule has 0 aliphatic carbocycles. The Kier molecular flexibility index (Phi) is 5.17. The number of esters is 1. The van der Waals surface area contributed by atoms with E-state index in [1.165, 1.54) is 29.5 Å². The molecule has 6 nitrogen and oxygen atoms in total. The number of ether oxygens (including phenoxy) is 3. The average molecular weight is 453 g/mol. The van der Waals surface area contributed by atoms with Crippen LogP contribution in [0.2, 0.25) is 0 Å². The minimum atomic E-state index is -0.736. The Morgan fingerprint density at radius 2 is 2.00 bits per heavy atom. The van der Waals surface area contributed by atoms with Gasteiger partial charge in [0.25, 0.3) is 5.56 Å². The lowest BCUT2D eigenvalue weighted by molar-refractivity contribution is -0.143. The molecule has 1 atom stereocenters. The van der Waals surface area contributed by atoms with Crippen LogP contribution in [0, 0.1) is 12.7 Å². The molecule has 32 heavy (non-hydrogen) atoms. The number of thioether (sulfide) groups is 1. The van der Waals surface area contributed by atoms with Gasteiger partial charge in [-0.2, -0.15) is 0 Å². The molecule has 0 bridgehead atoms. The van der Waals surface area contributed by atoms with Crippen molar-refractivity contribution < 1.29 is 23.4 Å². The number of rotatable bonds is 4. The molecule has 164 valence electrons. The molecule has 0 spiro atoms. The van der Waals surface area contributed by atoms with Crippen molar-refractivity contribution in [2.45, 2.75) is 24.4 Å². The van der Waals surface area contributed by atoms with Gasteiger partial charge in [0.1, 0.15) is 11.9 Å². The Labute approximate surface area is 187 Å². The molecule has 2 aliphatic heterocycles. The van der Waals surface area contributed by atoms with Gasteiger partial charge in [0.05, 0.1) is 17.7 Å². The minimum Gasteiger partial charge on any atom is -0.467 e. The Morgan fingerprint density at radius 1 is 1.22 bits per heavy atom. The number of carbonyl (C=O) groups is 1. The zero-order valence-corrected chi connectivity index (χ0v) is 18.3. The summed E-state index contributed by atoms with van der Waals surface area (Å²) in [6.45, 7) is 1.99. The second kappa shape index (κ2) is 8.02. The second-order valence-electron chi connectivity index (χ2n) is 7.65. The van der Waals surface area contributed by atoms with E-state index < -0.39 is 12.0 Å². The normalized spacial score (nSPS) is 16.2. The smallest absolute Gasteiger partial charge is 0.329 e. The van der Waals surface area contributed by atoms with Crippen molar-refractivity contribution in [3.8, 4) is 22.6 Å². The number of hydrogen-bond donors (Lipinski definition) is 0. The van der Waals surface area contributed by atoms with Gasteiger partial charge in [-0.3, -0.25) is 9.36 Å². The maximum atomic E-state index is 14.5. The van der Waals surface area contributed by atoms with E-state index in [1.54, 1.807) is 36.4 Å². The van der Waals surface area contributed by atoms with Crippen molar-refractivity contribution in [3.63, 3.8) is 0 Å². The van der Waals surface area contributed by atoms with E-state index in [1.807, 2.05) is 6.92 Å². The molecule has 0 N–H and O–H groups in total. The Morgan fingerprint density at radius 3 is 2.78 bits per heavy atom. The van der Waals surface area contributed by atoms with E-state index >= 15 is 0 Å². The predicted molar refractivity (Wildman–Crippen MR) is 118 cm³/mol. The van der Waals surface area contributed by atoms with Crippen LogP contribution in [0.3, 0.4) is 0 Å². The first-order valence-corrected chi connectivity index (χ1v) is 11.1. The molecular formula is C24H20FNO5S. The van der Waals surface area contributed by atoms with Crippen molar-refractivity contribution in [2.75, 3.05) is 19.7 Å². The van der Waals surface area contributed by atoms with Gasteiger partial charge in [-0.25, -0.2) is 9.18 Å². The van der Waals surface area contributed by atoms with Gasteiger partial charge >= 0.3 is 5.97 Å². The number of carbonyl (C=O) groups excluding carboxylic acids is 1. The average Bonchev–Trinajstić information content (AvgIpc) is 3.44. The van der Waals surface area contributed by atoms with Crippen LogP contribution >= 0.6 is 11.8 Å². The van der Waals surface area contributed by atoms with Crippen molar-refractivity contribution in [2.24, 2.45) is 0 Å².